The number of allylic oxidation sites excluding steroid dienone is 2. The van der Waals surface area contributed by atoms with Crippen LogP contribution in [0.5, 0.6) is 0 Å². The fourth-order valence-corrected chi connectivity index (χ4v) is 4.70. The molecule has 1 saturated heterocycles. The van der Waals surface area contributed by atoms with E-state index in [1.807, 2.05) is 0 Å². The molecule has 3 aliphatic carbocycles. The maximum absolute atomic E-state index is 12.6. The van der Waals surface area contributed by atoms with Gasteiger partial charge in [-0.15, -0.1) is 0 Å². The van der Waals surface area contributed by atoms with Gasteiger partial charge in [-0.05, 0) is 30.6 Å². The van der Waals surface area contributed by atoms with E-state index in [9.17, 15) is 4.79 Å². The van der Waals surface area contributed by atoms with Crippen LogP contribution in [-0.4, -0.2) is 18.2 Å². The predicted octanol–water partition coefficient (Wildman–Crippen LogP) is 2.58. The molecule has 0 aromatic rings. The molecule has 0 N–H and O–H groups in total. The van der Waals surface area contributed by atoms with Gasteiger partial charge in [0.1, 0.15) is 11.4 Å². The number of ether oxygens (including phenoxy) is 2. The summed E-state index contributed by atoms with van der Waals surface area (Å²) < 4.78 is 11.4. The topological polar surface area (TPSA) is 35.5 Å². The summed E-state index contributed by atoms with van der Waals surface area (Å²) in [6, 6.07) is 0. The molecule has 0 aromatic heterocycles. The van der Waals surface area contributed by atoms with Crippen LogP contribution in [0.1, 0.15) is 33.1 Å². The van der Waals surface area contributed by atoms with Crippen LogP contribution >= 0.6 is 0 Å². The quantitative estimate of drug-likeness (QED) is 0.616. The summed E-state index contributed by atoms with van der Waals surface area (Å²) in [5.41, 5.74) is 0.661. The van der Waals surface area contributed by atoms with Crippen LogP contribution in [0, 0.1) is 16.7 Å². The van der Waals surface area contributed by atoms with Crippen molar-refractivity contribution in [2.24, 2.45) is 16.7 Å². The van der Waals surface area contributed by atoms with Gasteiger partial charge in [0.15, 0.2) is 12.6 Å². The van der Waals surface area contributed by atoms with E-state index < -0.39 is 0 Å². The summed E-state index contributed by atoms with van der Waals surface area (Å²) in [7, 11) is 0. The Bertz CT molecular complexity index is 516. The lowest BCUT2D eigenvalue weighted by molar-refractivity contribution is -0.127. The molecule has 3 unspecified atom stereocenters. The van der Waals surface area contributed by atoms with Crippen LogP contribution in [0.2, 0.25) is 0 Å². The lowest BCUT2D eigenvalue weighted by Gasteiger charge is -2.32. The zero-order valence-electron chi connectivity index (χ0n) is 10.9. The molecule has 96 valence electrons. The van der Waals surface area contributed by atoms with Crippen molar-refractivity contribution in [2.75, 3.05) is 6.79 Å². The molecule has 4 aliphatic rings. The van der Waals surface area contributed by atoms with Crippen molar-refractivity contribution >= 4 is 5.78 Å². The molecular weight excluding hydrogens is 228 g/mol. The van der Waals surface area contributed by atoms with E-state index in [0.717, 1.165) is 25.0 Å². The van der Waals surface area contributed by atoms with Crippen LogP contribution in [0.25, 0.3) is 0 Å². The van der Waals surface area contributed by atoms with Crippen molar-refractivity contribution in [3.8, 4) is 0 Å². The summed E-state index contributed by atoms with van der Waals surface area (Å²) in [4.78, 5) is 12.6. The Labute approximate surface area is 107 Å². The Morgan fingerprint density at radius 2 is 2.22 bits per heavy atom. The fourth-order valence-electron chi connectivity index (χ4n) is 4.70. The molecule has 3 nitrogen and oxygen atoms in total. The minimum Gasteiger partial charge on any atom is -0.469 e. The highest BCUT2D eigenvalue weighted by atomic mass is 16.7. The first-order chi connectivity index (χ1) is 8.41. The van der Waals surface area contributed by atoms with Gasteiger partial charge >= 0.3 is 0 Å². The van der Waals surface area contributed by atoms with E-state index in [2.05, 4.69) is 20.4 Å². The van der Waals surface area contributed by atoms with Crippen molar-refractivity contribution in [3.05, 3.63) is 24.0 Å². The Kier molecular flexibility index (Phi) is 1.65. The number of carbonyl (C=O) groups excluding carboxylic acids is 1. The van der Waals surface area contributed by atoms with Crippen molar-refractivity contribution in [1.29, 1.82) is 0 Å². The number of hydrogen-bond acceptors (Lipinski definition) is 3. The van der Waals surface area contributed by atoms with Crippen molar-refractivity contribution in [3.63, 3.8) is 0 Å². The van der Waals surface area contributed by atoms with E-state index in [1.54, 1.807) is 6.08 Å². The first kappa shape index (κ1) is 10.8. The predicted molar refractivity (Wildman–Crippen MR) is 65.6 cm³/mol. The number of hydrogen-bond donors (Lipinski definition) is 0. The van der Waals surface area contributed by atoms with Crippen LogP contribution in [0.15, 0.2) is 24.0 Å². The highest BCUT2D eigenvalue weighted by Crippen LogP contribution is 2.70. The molecule has 1 heterocycles. The monoisotopic (exact) mass is 246 g/mol. The van der Waals surface area contributed by atoms with Crippen LogP contribution in [0.4, 0.5) is 0 Å². The maximum atomic E-state index is 12.6. The van der Waals surface area contributed by atoms with Gasteiger partial charge < -0.3 is 9.47 Å². The Morgan fingerprint density at radius 3 is 3.00 bits per heavy atom. The highest BCUT2D eigenvalue weighted by Gasteiger charge is 2.71. The van der Waals surface area contributed by atoms with Gasteiger partial charge in [0.2, 0.25) is 0 Å². The van der Waals surface area contributed by atoms with Gasteiger partial charge in [-0.25, -0.2) is 0 Å². The highest BCUT2D eigenvalue weighted by molar-refractivity contribution is 5.98. The summed E-state index contributed by atoms with van der Waals surface area (Å²) >= 11 is 0. The minimum atomic E-state index is -0.309. The number of carbonyl (C=O) groups is 1. The van der Waals surface area contributed by atoms with Gasteiger partial charge in [0, 0.05) is 11.5 Å². The molecule has 3 atom stereocenters. The van der Waals surface area contributed by atoms with Crippen molar-refractivity contribution < 1.29 is 14.3 Å². The second kappa shape index (κ2) is 2.74. The van der Waals surface area contributed by atoms with Gasteiger partial charge in [0.05, 0.1) is 0 Å². The second-order valence-corrected chi connectivity index (χ2v) is 6.87. The maximum Gasteiger partial charge on any atom is 0.189 e. The Balaban J connectivity index is 1.91. The number of rotatable bonds is 0. The van der Waals surface area contributed by atoms with Gasteiger partial charge in [0.25, 0.3) is 0 Å². The molecule has 2 saturated carbocycles. The first-order valence-electron chi connectivity index (χ1n) is 6.62. The Morgan fingerprint density at radius 1 is 1.44 bits per heavy atom. The lowest BCUT2D eigenvalue weighted by Crippen LogP contribution is -2.38. The summed E-state index contributed by atoms with van der Waals surface area (Å²) in [5, 5.41) is 0. The normalized spacial score (nSPS) is 47.7. The Hall–Kier alpha value is -1.09. The van der Waals surface area contributed by atoms with E-state index in [0.29, 0.717) is 12.7 Å². The third-order valence-electron chi connectivity index (χ3n) is 5.86. The first-order valence-corrected chi connectivity index (χ1v) is 6.62. The molecule has 0 amide bonds. The third kappa shape index (κ3) is 0.923. The molecule has 2 bridgehead atoms. The molecular formula is C15H18O3. The van der Waals surface area contributed by atoms with Crippen LogP contribution < -0.4 is 0 Å². The van der Waals surface area contributed by atoms with Crippen LogP contribution in [-0.2, 0) is 14.3 Å². The van der Waals surface area contributed by atoms with Gasteiger partial charge in [-0.1, -0.05) is 26.0 Å². The minimum absolute atomic E-state index is 0.0222. The second-order valence-electron chi connectivity index (χ2n) is 6.87. The van der Waals surface area contributed by atoms with Gasteiger partial charge in [-0.2, -0.15) is 0 Å². The molecule has 4 rings (SSSR count). The van der Waals surface area contributed by atoms with E-state index in [4.69, 9.17) is 9.47 Å². The van der Waals surface area contributed by atoms with Gasteiger partial charge in [-0.3, -0.25) is 4.79 Å². The molecule has 18 heavy (non-hydrogen) atoms. The zero-order valence-corrected chi connectivity index (χ0v) is 10.9. The van der Waals surface area contributed by atoms with Crippen LogP contribution in [0.3, 0.4) is 0 Å². The summed E-state index contributed by atoms with van der Waals surface area (Å²) in [6.45, 7) is 8.93. The number of ketones is 1. The summed E-state index contributed by atoms with van der Waals surface area (Å²) in [5.74, 6) is 1.34. The average molecular weight is 246 g/mol. The van der Waals surface area contributed by atoms with E-state index in [-0.39, 0.29) is 22.2 Å². The van der Waals surface area contributed by atoms with Crippen molar-refractivity contribution in [2.45, 2.75) is 38.7 Å². The third-order valence-corrected chi connectivity index (χ3v) is 5.86. The van der Waals surface area contributed by atoms with E-state index in [1.165, 1.54) is 5.57 Å². The SMILES string of the molecule is C=C1CC23CC4(CC2C1(C)C)OCOC4=CC3=O. The largest absolute Gasteiger partial charge is 0.469 e. The molecule has 3 fully saturated rings. The molecule has 3 heteroatoms. The van der Waals surface area contributed by atoms with E-state index >= 15 is 0 Å². The lowest BCUT2D eigenvalue weighted by atomic mass is 9.69. The standard InChI is InChI=1S/C15H18O3/c1-9-5-14-7-15(6-10(14)13(9,2)3)12(4-11(14)16)17-8-18-15/h4,10H,1,5-8H2,2-3H3. The molecule has 0 radical (unpaired) electrons. The van der Waals surface area contributed by atoms with Crippen molar-refractivity contribution in [1.82, 2.24) is 0 Å². The zero-order chi connectivity index (χ0) is 12.8. The molecule has 1 aliphatic heterocycles. The smallest absolute Gasteiger partial charge is 0.189 e. The molecule has 2 spiro atoms. The fraction of sp³-hybridized carbons (Fsp3) is 0.667. The summed E-state index contributed by atoms with van der Waals surface area (Å²) in [6.07, 6.45) is 4.21. The average Bonchev–Trinajstić information content (AvgIpc) is 2.86. The molecule has 0 aromatic carbocycles.